The molecule has 0 saturated carbocycles. The molecule has 8 nitrogen and oxygen atoms in total. The molecule has 0 aliphatic carbocycles. The van der Waals surface area contributed by atoms with Crippen LogP contribution in [0.4, 0.5) is 13.2 Å². The summed E-state index contributed by atoms with van der Waals surface area (Å²) in [5.74, 6) is 1.25. The smallest absolute Gasteiger partial charge is 0.359 e. The second-order valence-electron chi connectivity index (χ2n) is 6.51. The van der Waals surface area contributed by atoms with Gasteiger partial charge in [0.05, 0.1) is 5.69 Å². The number of nitrogens with one attached hydrogen (secondary N) is 2. The summed E-state index contributed by atoms with van der Waals surface area (Å²) in [6, 6.07) is 1.84. The zero-order chi connectivity index (χ0) is 20.8. The third kappa shape index (κ3) is 5.84. The van der Waals surface area contributed by atoms with Crippen LogP contribution in [-0.4, -0.2) is 55.5 Å². The first-order chi connectivity index (χ1) is 13.2. The van der Waals surface area contributed by atoms with Gasteiger partial charge in [0.15, 0.2) is 11.7 Å². The second kappa shape index (κ2) is 9.59. The Morgan fingerprint density at radius 3 is 2.54 bits per heavy atom. The lowest BCUT2D eigenvalue weighted by atomic mass is 9.98. The molecule has 28 heavy (non-hydrogen) atoms. The summed E-state index contributed by atoms with van der Waals surface area (Å²) >= 11 is 0. The Balaban J connectivity index is 1.85. The van der Waals surface area contributed by atoms with E-state index in [9.17, 15) is 21.6 Å². The lowest BCUT2D eigenvalue weighted by Crippen LogP contribution is -2.47. The molecule has 0 bridgehead atoms. The summed E-state index contributed by atoms with van der Waals surface area (Å²) in [4.78, 5) is 4.41. The molecule has 0 amide bonds. The Morgan fingerprint density at radius 2 is 2.00 bits per heavy atom. The van der Waals surface area contributed by atoms with Crippen LogP contribution in [0.25, 0.3) is 0 Å². The quantitative estimate of drug-likeness (QED) is 0.511. The highest BCUT2D eigenvalue weighted by molar-refractivity contribution is 7.90. The first-order valence-electron chi connectivity index (χ1n) is 9.20. The van der Waals surface area contributed by atoms with Crippen molar-refractivity contribution in [3.05, 3.63) is 17.5 Å². The number of alkyl halides is 3. The number of piperidine rings is 1. The van der Waals surface area contributed by atoms with Crippen LogP contribution < -0.4 is 10.6 Å². The van der Waals surface area contributed by atoms with E-state index < -0.39 is 15.5 Å². The van der Waals surface area contributed by atoms with Gasteiger partial charge in [-0.1, -0.05) is 12.1 Å². The predicted molar refractivity (Wildman–Crippen MR) is 98.0 cm³/mol. The van der Waals surface area contributed by atoms with Crippen LogP contribution in [0.1, 0.15) is 38.1 Å². The van der Waals surface area contributed by atoms with Crippen LogP contribution in [0.15, 0.2) is 15.6 Å². The lowest BCUT2D eigenvalue weighted by molar-refractivity contribution is -0.0496. The molecule has 1 fully saturated rings. The molecule has 1 aromatic rings. The fourth-order valence-corrected chi connectivity index (χ4v) is 3.82. The van der Waals surface area contributed by atoms with Gasteiger partial charge in [0.1, 0.15) is 6.54 Å². The Kier molecular flexibility index (Phi) is 7.70. The Bertz CT molecular complexity index is 756. The van der Waals surface area contributed by atoms with Crippen LogP contribution in [0, 0.1) is 5.92 Å². The van der Waals surface area contributed by atoms with Crippen molar-refractivity contribution >= 4 is 16.0 Å². The minimum absolute atomic E-state index is 0.0560. The molecule has 2 N–H and O–H groups in total. The van der Waals surface area contributed by atoms with E-state index in [2.05, 4.69) is 20.8 Å². The highest BCUT2D eigenvalue weighted by Crippen LogP contribution is 2.30. The normalized spacial score (nSPS) is 17.7. The summed E-state index contributed by atoms with van der Waals surface area (Å²) in [5.41, 5.74) is -4.40. The predicted octanol–water partition coefficient (Wildman–Crippen LogP) is 1.85. The lowest BCUT2D eigenvalue weighted by Gasteiger charge is -2.31. The number of aliphatic imine (C=N–C) groups is 1. The maximum absolute atomic E-state index is 12.6. The van der Waals surface area contributed by atoms with Crippen molar-refractivity contribution < 1.29 is 26.1 Å². The van der Waals surface area contributed by atoms with Crippen LogP contribution in [0.5, 0.6) is 0 Å². The van der Waals surface area contributed by atoms with Gasteiger partial charge in [-0.25, -0.2) is 13.4 Å². The summed E-state index contributed by atoms with van der Waals surface area (Å²) in [5, 5.41) is 10.1. The Labute approximate surface area is 162 Å². The van der Waals surface area contributed by atoms with Crippen LogP contribution in [0.3, 0.4) is 0 Å². The van der Waals surface area contributed by atoms with Crippen molar-refractivity contribution in [2.75, 3.05) is 26.2 Å². The van der Waals surface area contributed by atoms with Gasteiger partial charge in [0.25, 0.3) is 0 Å². The molecule has 1 aliphatic heterocycles. The van der Waals surface area contributed by atoms with Gasteiger partial charge in [-0.3, -0.25) is 0 Å². The molecule has 12 heteroatoms. The van der Waals surface area contributed by atoms with Crippen molar-refractivity contribution in [3.8, 4) is 0 Å². The van der Waals surface area contributed by atoms with E-state index in [1.165, 1.54) is 0 Å². The van der Waals surface area contributed by atoms with Crippen LogP contribution in [0.2, 0.25) is 0 Å². The fourth-order valence-electron chi connectivity index (χ4n) is 2.84. The van der Waals surface area contributed by atoms with Crippen molar-refractivity contribution in [2.24, 2.45) is 10.9 Å². The van der Waals surface area contributed by atoms with E-state index in [1.807, 2.05) is 19.9 Å². The van der Waals surface area contributed by atoms with E-state index in [0.717, 1.165) is 12.1 Å². The molecule has 0 spiro atoms. The molecule has 160 valence electrons. The number of sulfonamides is 1. The first kappa shape index (κ1) is 22.5. The number of guanidine groups is 1. The van der Waals surface area contributed by atoms with E-state index in [0.29, 0.717) is 48.5 Å². The van der Waals surface area contributed by atoms with Crippen molar-refractivity contribution in [3.63, 3.8) is 0 Å². The van der Waals surface area contributed by atoms with E-state index in [-0.39, 0.29) is 19.0 Å². The largest absolute Gasteiger partial charge is 0.511 e. The molecule has 1 aliphatic rings. The van der Waals surface area contributed by atoms with E-state index in [4.69, 9.17) is 4.52 Å². The van der Waals surface area contributed by atoms with Crippen molar-refractivity contribution in [1.82, 2.24) is 20.1 Å². The topological polar surface area (TPSA) is 99.8 Å². The molecule has 0 atom stereocenters. The fraction of sp³-hybridized carbons (Fsp3) is 0.750. The number of aromatic nitrogens is 1. The highest BCUT2D eigenvalue weighted by Gasteiger charge is 2.50. The van der Waals surface area contributed by atoms with Gasteiger partial charge in [-0.15, -0.1) is 0 Å². The number of halogens is 3. The highest BCUT2D eigenvalue weighted by atomic mass is 32.2. The van der Waals surface area contributed by atoms with Crippen LogP contribution in [-0.2, 0) is 23.0 Å². The second-order valence-corrected chi connectivity index (χ2v) is 8.44. The third-order valence-electron chi connectivity index (χ3n) is 4.47. The molecule has 2 rings (SSSR count). The number of hydrogen-bond donors (Lipinski definition) is 2. The van der Waals surface area contributed by atoms with Gasteiger partial charge >= 0.3 is 15.5 Å². The number of nitrogens with zero attached hydrogens (tertiary/aromatic N) is 3. The molecular weight excluding hydrogens is 399 g/mol. The Morgan fingerprint density at radius 1 is 1.32 bits per heavy atom. The number of aryl methyl sites for hydroxylation is 1. The molecule has 0 radical (unpaired) electrons. The van der Waals surface area contributed by atoms with Gasteiger partial charge in [0.2, 0.25) is 0 Å². The van der Waals surface area contributed by atoms with Gasteiger partial charge in [-0.05, 0) is 32.1 Å². The number of rotatable bonds is 7. The monoisotopic (exact) mass is 425 g/mol. The van der Waals surface area contributed by atoms with Crippen molar-refractivity contribution in [1.29, 1.82) is 0 Å². The SMILES string of the molecule is CCNC(=NCc1cc(CC)no1)NCC1CCN(S(=O)(=O)C(F)(F)F)CC1. The number of hydrogen-bond acceptors (Lipinski definition) is 5. The third-order valence-corrected chi connectivity index (χ3v) is 6.10. The zero-order valence-electron chi connectivity index (χ0n) is 15.9. The Hall–Kier alpha value is -1.82. The molecule has 2 heterocycles. The average molecular weight is 425 g/mol. The average Bonchev–Trinajstić information content (AvgIpc) is 3.11. The molecule has 1 aromatic heterocycles. The van der Waals surface area contributed by atoms with Gasteiger partial charge < -0.3 is 15.2 Å². The molecular formula is C16H26F3N5O3S. The summed E-state index contributed by atoms with van der Waals surface area (Å²) < 4.78 is 66.5. The van der Waals surface area contributed by atoms with Gasteiger partial charge in [0, 0.05) is 32.2 Å². The summed E-state index contributed by atoms with van der Waals surface area (Å²) in [7, 11) is -5.24. The van der Waals surface area contributed by atoms with E-state index >= 15 is 0 Å². The summed E-state index contributed by atoms with van der Waals surface area (Å²) in [6.07, 6.45) is 1.47. The minimum atomic E-state index is -5.25. The minimum Gasteiger partial charge on any atom is -0.359 e. The maximum atomic E-state index is 12.6. The van der Waals surface area contributed by atoms with E-state index in [1.54, 1.807) is 0 Å². The summed E-state index contributed by atoms with van der Waals surface area (Å²) in [6.45, 7) is 5.06. The molecule has 0 aromatic carbocycles. The maximum Gasteiger partial charge on any atom is 0.511 e. The van der Waals surface area contributed by atoms with Gasteiger partial charge in [-0.2, -0.15) is 17.5 Å². The molecule has 1 saturated heterocycles. The molecule has 0 unspecified atom stereocenters. The first-order valence-corrected chi connectivity index (χ1v) is 10.6. The zero-order valence-corrected chi connectivity index (χ0v) is 16.7. The van der Waals surface area contributed by atoms with Crippen molar-refractivity contribution in [2.45, 2.75) is 45.2 Å². The standard InChI is InChI=1S/C16H26F3N5O3S/c1-3-13-9-14(27-23-13)11-22-15(20-4-2)21-10-12-5-7-24(8-6-12)28(25,26)16(17,18)19/h9,12H,3-8,10-11H2,1-2H3,(H2,20,21,22). The van der Waals surface area contributed by atoms with Crippen LogP contribution >= 0.6 is 0 Å².